The summed E-state index contributed by atoms with van der Waals surface area (Å²) in [5.41, 5.74) is 1.43. The third-order valence-electron chi connectivity index (χ3n) is 6.99. The van der Waals surface area contributed by atoms with E-state index in [-0.39, 0.29) is 48.7 Å². The Morgan fingerprint density at radius 1 is 0.939 bits per heavy atom. The van der Waals surface area contributed by atoms with E-state index in [1.54, 1.807) is 15.9 Å². The number of benzene rings is 2. The van der Waals surface area contributed by atoms with Crippen LogP contribution in [0.15, 0.2) is 42.5 Å². The lowest BCUT2D eigenvalue weighted by molar-refractivity contribution is -0.143. The predicted octanol–water partition coefficient (Wildman–Crippen LogP) is 4.30. The zero-order chi connectivity index (χ0) is 23.3. The van der Waals surface area contributed by atoms with Crippen molar-refractivity contribution in [2.24, 2.45) is 5.92 Å². The van der Waals surface area contributed by atoms with E-state index in [9.17, 15) is 23.2 Å². The molecule has 8 heteroatoms. The highest BCUT2D eigenvalue weighted by Crippen LogP contribution is 2.54. The number of anilines is 1. The minimum absolute atomic E-state index is 0.0262. The molecule has 2 aliphatic carbocycles. The van der Waals surface area contributed by atoms with Crippen molar-refractivity contribution in [1.29, 1.82) is 0 Å². The Morgan fingerprint density at radius 2 is 1.64 bits per heavy atom. The van der Waals surface area contributed by atoms with Gasteiger partial charge in [-0.2, -0.15) is 0 Å². The largest absolute Gasteiger partial charge is 0.481 e. The third kappa shape index (κ3) is 3.87. The SMILES string of the molecule is O=C(O)CCC(=O)N(C1CC1)C1c2ccc(F)cc2N(C(=O)c2ccc(F)cc2)C2CCC21. The van der Waals surface area contributed by atoms with Crippen LogP contribution >= 0.6 is 0 Å². The minimum Gasteiger partial charge on any atom is -0.481 e. The number of carboxylic acids is 1. The van der Waals surface area contributed by atoms with Gasteiger partial charge in [0.1, 0.15) is 11.6 Å². The highest BCUT2D eigenvalue weighted by Gasteiger charge is 2.53. The lowest BCUT2D eigenvalue weighted by Gasteiger charge is -2.55. The highest BCUT2D eigenvalue weighted by molar-refractivity contribution is 6.07. The number of hydrogen-bond donors (Lipinski definition) is 1. The molecule has 1 aliphatic heterocycles. The van der Waals surface area contributed by atoms with E-state index in [1.807, 2.05) is 0 Å². The van der Waals surface area contributed by atoms with E-state index >= 15 is 0 Å². The summed E-state index contributed by atoms with van der Waals surface area (Å²) in [4.78, 5) is 41.0. The molecule has 0 radical (unpaired) electrons. The Balaban J connectivity index is 1.55. The van der Waals surface area contributed by atoms with Crippen LogP contribution in [0.1, 0.15) is 60.5 Å². The van der Waals surface area contributed by atoms with Gasteiger partial charge in [-0.1, -0.05) is 6.07 Å². The van der Waals surface area contributed by atoms with Crippen molar-refractivity contribution < 1.29 is 28.3 Å². The molecule has 33 heavy (non-hydrogen) atoms. The normalized spacial score (nSPS) is 23.2. The standard InChI is InChI=1S/C25H24F2N2O4/c26-15-3-1-14(2-4-15)25(33)29-20-10-9-18(20)24(19-8-5-16(27)13-21(19)29)28(17-6-7-17)22(30)11-12-23(31)32/h1-5,8,13,17-18,20,24H,6-7,9-12H2,(H,31,32). The van der Waals surface area contributed by atoms with E-state index in [1.165, 1.54) is 36.4 Å². The highest BCUT2D eigenvalue weighted by atomic mass is 19.1. The van der Waals surface area contributed by atoms with Gasteiger partial charge in [0.25, 0.3) is 5.91 Å². The Labute approximate surface area is 189 Å². The van der Waals surface area contributed by atoms with Crippen LogP contribution in [0.25, 0.3) is 0 Å². The lowest BCUT2D eigenvalue weighted by Crippen LogP contribution is -2.59. The number of carbonyl (C=O) groups excluding carboxylic acids is 2. The zero-order valence-electron chi connectivity index (χ0n) is 17.9. The van der Waals surface area contributed by atoms with E-state index < -0.39 is 17.6 Å². The van der Waals surface area contributed by atoms with Crippen molar-refractivity contribution in [3.05, 3.63) is 65.2 Å². The quantitative estimate of drug-likeness (QED) is 0.706. The van der Waals surface area contributed by atoms with Crippen molar-refractivity contribution >= 4 is 23.5 Å². The van der Waals surface area contributed by atoms with Crippen LogP contribution in [-0.2, 0) is 9.59 Å². The second-order valence-corrected chi connectivity index (χ2v) is 9.06. The maximum absolute atomic E-state index is 14.4. The molecule has 172 valence electrons. The van der Waals surface area contributed by atoms with Gasteiger partial charge in [-0.25, -0.2) is 8.78 Å². The summed E-state index contributed by atoms with van der Waals surface area (Å²) in [5.74, 6) is -2.53. The number of nitrogens with zero attached hydrogens (tertiary/aromatic N) is 2. The van der Waals surface area contributed by atoms with Gasteiger partial charge in [0.05, 0.1) is 18.2 Å². The molecular formula is C25H24F2N2O4. The van der Waals surface area contributed by atoms with Crippen LogP contribution in [0.2, 0.25) is 0 Å². The first-order chi connectivity index (χ1) is 15.8. The second kappa shape index (κ2) is 8.24. The molecule has 3 unspecified atom stereocenters. The number of hydrogen-bond acceptors (Lipinski definition) is 3. The minimum atomic E-state index is -1.03. The molecule has 2 saturated carbocycles. The van der Waals surface area contributed by atoms with Gasteiger partial charge in [0, 0.05) is 30.0 Å². The van der Waals surface area contributed by atoms with Gasteiger partial charge in [-0.3, -0.25) is 14.4 Å². The van der Waals surface area contributed by atoms with Crippen LogP contribution in [-0.4, -0.2) is 39.9 Å². The molecule has 0 aromatic heterocycles. The first-order valence-corrected chi connectivity index (χ1v) is 11.3. The van der Waals surface area contributed by atoms with Crippen molar-refractivity contribution in [3.8, 4) is 0 Å². The summed E-state index contributed by atoms with van der Waals surface area (Å²) >= 11 is 0. The number of aliphatic carboxylic acids is 1. The fourth-order valence-electron chi connectivity index (χ4n) is 5.21. The van der Waals surface area contributed by atoms with Gasteiger partial charge >= 0.3 is 5.97 Å². The van der Waals surface area contributed by atoms with Gasteiger partial charge in [0.15, 0.2) is 0 Å². The summed E-state index contributed by atoms with van der Waals surface area (Å²) in [6, 6.07) is 9.07. The summed E-state index contributed by atoms with van der Waals surface area (Å²) < 4.78 is 27.8. The summed E-state index contributed by atoms with van der Waals surface area (Å²) in [6.07, 6.45) is 2.88. The van der Waals surface area contributed by atoms with Crippen molar-refractivity contribution in [2.45, 2.75) is 56.7 Å². The van der Waals surface area contributed by atoms with Crippen LogP contribution in [0.5, 0.6) is 0 Å². The van der Waals surface area contributed by atoms with E-state index in [4.69, 9.17) is 5.11 Å². The smallest absolute Gasteiger partial charge is 0.303 e. The zero-order valence-corrected chi connectivity index (χ0v) is 17.9. The maximum Gasteiger partial charge on any atom is 0.303 e. The second-order valence-electron chi connectivity index (χ2n) is 9.06. The lowest BCUT2D eigenvalue weighted by atomic mass is 9.67. The van der Waals surface area contributed by atoms with Crippen LogP contribution in [0, 0.1) is 17.6 Å². The van der Waals surface area contributed by atoms with E-state index in [2.05, 4.69) is 0 Å². The molecule has 6 nitrogen and oxygen atoms in total. The number of rotatable bonds is 6. The Kier molecular flexibility index (Phi) is 5.38. The molecule has 1 N–H and O–H groups in total. The summed E-state index contributed by atoms with van der Waals surface area (Å²) in [7, 11) is 0. The Hall–Kier alpha value is -3.29. The Bertz CT molecular complexity index is 1120. The molecule has 3 aliphatic rings. The molecular weight excluding hydrogens is 430 g/mol. The van der Waals surface area contributed by atoms with E-state index in [0.717, 1.165) is 19.3 Å². The topological polar surface area (TPSA) is 77.9 Å². The molecule has 0 saturated heterocycles. The first-order valence-electron chi connectivity index (χ1n) is 11.3. The van der Waals surface area contributed by atoms with Gasteiger partial charge < -0.3 is 14.9 Å². The average molecular weight is 454 g/mol. The van der Waals surface area contributed by atoms with E-state index in [0.29, 0.717) is 23.2 Å². The van der Waals surface area contributed by atoms with Crippen LogP contribution in [0.3, 0.4) is 0 Å². The number of halogens is 2. The van der Waals surface area contributed by atoms with Gasteiger partial charge in [-0.15, -0.1) is 0 Å². The average Bonchev–Trinajstić information content (AvgIpc) is 3.59. The first kappa shape index (κ1) is 21.6. The predicted molar refractivity (Wildman–Crippen MR) is 116 cm³/mol. The number of fused-ring (bicyclic) bond motifs is 2. The number of amides is 2. The van der Waals surface area contributed by atoms with Crippen LogP contribution in [0.4, 0.5) is 14.5 Å². The molecule has 2 aromatic rings. The fraction of sp³-hybridized carbons (Fsp3) is 0.400. The maximum atomic E-state index is 14.4. The summed E-state index contributed by atoms with van der Waals surface area (Å²) in [6.45, 7) is 0. The van der Waals surface area contributed by atoms with Crippen LogP contribution < -0.4 is 4.90 Å². The Morgan fingerprint density at radius 3 is 2.24 bits per heavy atom. The van der Waals surface area contributed by atoms with Gasteiger partial charge in [-0.05, 0) is 67.6 Å². The molecule has 1 heterocycles. The molecule has 2 aromatic carbocycles. The van der Waals surface area contributed by atoms with Crippen molar-refractivity contribution in [3.63, 3.8) is 0 Å². The number of carboxylic acid groups (broad SMARTS) is 1. The molecule has 2 amide bonds. The molecule has 2 fully saturated rings. The summed E-state index contributed by atoms with van der Waals surface area (Å²) in [5, 5.41) is 9.04. The molecule has 0 bridgehead atoms. The van der Waals surface area contributed by atoms with Gasteiger partial charge in [0.2, 0.25) is 5.91 Å². The molecule has 3 atom stereocenters. The fourth-order valence-corrected chi connectivity index (χ4v) is 5.21. The number of carbonyl (C=O) groups is 3. The van der Waals surface area contributed by atoms with Crippen molar-refractivity contribution in [2.75, 3.05) is 4.90 Å². The third-order valence-corrected chi connectivity index (χ3v) is 6.99. The monoisotopic (exact) mass is 454 g/mol. The molecule has 0 spiro atoms. The molecule has 5 rings (SSSR count). The van der Waals surface area contributed by atoms with Crippen molar-refractivity contribution in [1.82, 2.24) is 4.90 Å².